The normalized spacial score (nSPS) is 19.9. The van der Waals surface area contributed by atoms with Gasteiger partial charge in [-0.25, -0.2) is 0 Å². The molecule has 0 saturated carbocycles. The first-order valence-electron chi connectivity index (χ1n) is 6.59. The Labute approximate surface area is 121 Å². The van der Waals surface area contributed by atoms with Crippen LogP contribution in [0, 0.1) is 0 Å². The van der Waals surface area contributed by atoms with Crippen LogP contribution in [0.25, 0.3) is 0 Å². The van der Waals surface area contributed by atoms with Gasteiger partial charge in [-0.15, -0.1) is 0 Å². The van der Waals surface area contributed by atoms with Gasteiger partial charge in [0, 0.05) is 11.1 Å². The van der Waals surface area contributed by atoms with Crippen LogP contribution in [0.15, 0.2) is 12.1 Å². The molecule has 20 heavy (non-hydrogen) atoms. The average Bonchev–Trinajstić information content (AvgIpc) is 2.38. The number of benzene rings is 1. The lowest BCUT2D eigenvalue weighted by Gasteiger charge is -2.25. The molecule has 2 rings (SSSR count). The summed E-state index contributed by atoms with van der Waals surface area (Å²) in [4.78, 5) is 0. The highest BCUT2D eigenvalue weighted by molar-refractivity contribution is 6.30. The number of piperidine rings is 1. The highest BCUT2D eigenvalue weighted by Gasteiger charge is 2.36. The standard InChI is InChI=1S/C14H17ClF3NO/c1-20-13-9(7-11-4-2-3-5-19-11)6-10(15)8-12(13)14(16,17)18/h6,8,11,19H,2-5,7H2,1H3. The van der Waals surface area contributed by atoms with Crippen molar-refractivity contribution in [1.82, 2.24) is 5.32 Å². The Hall–Kier alpha value is -0.940. The number of alkyl halides is 3. The first kappa shape index (κ1) is 15.4. The largest absolute Gasteiger partial charge is 0.496 e. The van der Waals surface area contributed by atoms with E-state index in [2.05, 4.69) is 5.32 Å². The first-order valence-corrected chi connectivity index (χ1v) is 6.96. The van der Waals surface area contributed by atoms with Crippen LogP contribution in [0.5, 0.6) is 5.75 Å². The summed E-state index contributed by atoms with van der Waals surface area (Å²) in [6, 6.07) is 2.65. The molecule has 0 radical (unpaired) electrons. The molecule has 1 saturated heterocycles. The lowest BCUT2D eigenvalue weighted by molar-refractivity contribution is -0.138. The van der Waals surface area contributed by atoms with Gasteiger partial charge in [0.15, 0.2) is 0 Å². The third-order valence-corrected chi connectivity index (χ3v) is 3.74. The molecule has 1 N–H and O–H groups in total. The lowest BCUT2D eigenvalue weighted by atomic mass is 9.96. The summed E-state index contributed by atoms with van der Waals surface area (Å²) in [5.74, 6) is -0.116. The number of halogens is 4. The van der Waals surface area contributed by atoms with Gasteiger partial charge in [-0.05, 0) is 43.5 Å². The highest BCUT2D eigenvalue weighted by atomic mass is 35.5. The minimum Gasteiger partial charge on any atom is -0.496 e. The van der Waals surface area contributed by atoms with E-state index in [1.54, 1.807) is 6.07 Å². The molecule has 1 aliphatic rings. The molecule has 1 aliphatic heterocycles. The van der Waals surface area contributed by atoms with Crippen molar-refractivity contribution < 1.29 is 17.9 Å². The van der Waals surface area contributed by atoms with Crippen molar-refractivity contribution in [2.75, 3.05) is 13.7 Å². The van der Waals surface area contributed by atoms with E-state index in [1.807, 2.05) is 0 Å². The Balaban J connectivity index is 2.33. The molecule has 112 valence electrons. The number of rotatable bonds is 3. The summed E-state index contributed by atoms with van der Waals surface area (Å²) in [6.45, 7) is 0.902. The van der Waals surface area contributed by atoms with Crippen molar-refractivity contribution in [3.8, 4) is 5.75 Å². The minimum absolute atomic E-state index is 0.0870. The van der Waals surface area contributed by atoms with Gasteiger partial charge in [0.1, 0.15) is 5.75 Å². The van der Waals surface area contributed by atoms with E-state index in [4.69, 9.17) is 16.3 Å². The van der Waals surface area contributed by atoms with E-state index in [1.165, 1.54) is 7.11 Å². The van der Waals surface area contributed by atoms with Crippen LogP contribution in [0.2, 0.25) is 5.02 Å². The predicted molar refractivity (Wildman–Crippen MR) is 72.4 cm³/mol. The Kier molecular flexibility index (Phi) is 4.81. The highest BCUT2D eigenvalue weighted by Crippen LogP contribution is 2.40. The van der Waals surface area contributed by atoms with Crippen LogP contribution in [0.3, 0.4) is 0 Å². The van der Waals surface area contributed by atoms with Crippen LogP contribution in [0.1, 0.15) is 30.4 Å². The molecular formula is C14H17ClF3NO. The van der Waals surface area contributed by atoms with Crippen LogP contribution in [-0.4, -0.2) is 19.7 Å². The van der Waals surface area contributed by atoms with Crippen molar-refractivity contribution >= 4 is 11.6 Å². The molecule has 0 spiro atoms. The number of methoxy groups -OCH3 is 1. The summed E-state index contributed by atoms with van der Waals surface area (Å²) in [5, 5.41) is 3.40. The summed E-state index contributed by atoms with van der Waals surface area (Å²) < 4.78 is 44.1. The number of ether oxygens (including phenoxy) is 1. The van der Waals surface area contributed by atoms with Crippen molar-refractivity contribution in [2.24, 2.45) is 0 Å². The van der Waals surface area contributed by atoms with Gasteiger partial charge in [0.25, 0.3) is 0 Å². The summed E-state index contributed by atoms with van der Waals surface area (Å²) >= 11 is 5.83. The molecule has 0 bridgehead atoms. The zero-order chi connectivity index (χ0) is 14.8. The van der Waals surface area contributed by atoms with Crippen LogP contribution in [0.4, 0.5) is 13.2 Å². The van der Waals surface area contributed by atoms with Crippen molar-refractivity contribution in [3.63, 3.8) is 0 Å². The summed E-state index contributed by atoms with van der Waals surface area (Å²) in [6.07, 6.45) is -0.821. The Bertz CT molecular complexity index is 470. The SMILES string of the molecule is COc1c(CC2CCCCN2)cc(Cl)cc1C(F)(F)F. The maximum atomic E-state index is 13.0. The maximum absolute atomic E-state index is 13.0. The fraction of sp³-hybridized carbons (Fsp3) is 0.571. The molecule has 1 aromatic carbocycles. The molecule has 1 heterocycles. The lowest BCUT2D eigenvalue weighted by Crippen LogP contribution is -2.35. The molecule has 1 fully saturated rings. The molecule has 0 amide bonds. The predicted octanol–water partition coefficient (Wildman–Crippen LogP) is 4.05. The summed E-state index contributed by atoms with van der Waals surface area (Å²) in [5.41, 5.74) is -0.301. The third-order valence-electron chi connectivity index (χ3n) is 3.52. The van der Waals surface area contributed by atoms with Gasteiger partial charge < -0.3 is 10.1 Å². The second-order valence-electron chi connectivity index (χ2n) is 4.99. The molecule has 2 nitrogen and oxygen atoms in total. The van der Waals surface area contributed by atoms with E-state index in [9.17, 15) is 13.2 Å². The minimum atomic E-state index is -4.47. The van der Waals surface area contributed by atoms with Crippen LogP contribution < -0.4 is 10.1 Å². The smallest absolute Gasteiger partial charge is 0.420 e. The fourth-order valence-electron chi connectivity index (χ4n) is 2.62. The fourth-order valence-corrected chi connectivity index (χ4v) is 2.86. The third kappa shape index (κ3) is 3.58. The Morgan fingerprint density at radius 1 is 1.35 bits per heavy atom. The maximum Gasteiger partial charge on any atom is 0.420 e. The molecule has 6 heteroatoms. The van der Waals surface area contributed by atoms with E-state index in [0.29, 0.717) is 12.0 Å². The number of hydrogen-bond donors (Lipinski definition) is 1. The van der Waals surface area contributed by atoms with Crippen molar-refractivity contribution in [2.45, 2.75) is 37.9 Å². The van der Waals surface area contributed by atoms with Crippen molar-refractivity contribution in [1.29, 1.82) is 0 Å². The van der Waals surface area contributed by atoms with E-state index >= 15 is 0 Å². The zero-order valence-electron chi connectivity index (χ0n) is 11.2. The van der Waals surface area contributed by atoms with Crippen LogP contribution in [-0.2, 0) is 12.6 Å². The van der Waals surface area contributed by atoms with Gasteiger partial charge in [-0.3, -0.25) is 0 Å². The molecule has 1 unspecified atom stereocenters. The molecule has 0 aliphatic carbocycles. The number of nitrogens with one attached hydrogen (secondary N) is 1. The first-order chi connectivity index (χ1) is 9.41. The van der Waals surface area contributed by atoms with Gasteiger partial charge in [0.2, 0.25) is 0 Å². The zero-order valence-corrected chi connectivity index (χ0v) is 11.9. The second kappa shape index (κ2) is 6.22. The van der Waals surface area contributed by atoms with Gasteiger partial charge >= 0.3 is 6.18 Å². The topological polar surface area (TPSA) is 21.3 Å². The van der Waals surface area contributed by atoms with Crippen LogP contribution >= 0.6 is 11.6 Å². The van der Waals surface area contributed by atoms with E-state index in [0.717, 1.165) is 31.9 Å². The van der Waals surface area contributed by atoms with E-state index < -0.39 is 11.7 Å². The Morgan fingerprint density at radius 3 is 2.65 bits per heavy atom. The monoisotopic (exact) mass is 307 g/mol. The van der Waals surface area contributed by atoms with Crippen molar-refractivity contribution in [3.05, 3.63) is 28.3 Å². The number of hydrogen-bond acceptors (Lipinski definition) is 2. The average molecular weight is 308 g/mol. The summed E-state index contributed by atoms with van der Waals surface area (Å²) in [7, 11) is 1.26. The molecule has 1 aromatic rings. The Morgan fingerprint density at radius 2 is 2.10 bits per heavy atom. The van der Waals surface area contributed by atoms with E-state index in [-0.39, 0.29) is 16.8 Å². The molecular weight excluding hydrogens is 291 g/mol. The second-order valence-corrected chi connectivity index (χ2v) is 5.43. The quantitative estimate of drug-likeness (QED) is 0.909. The molecule has 1 atom stereocenters. The van der Waals surface area contributed by atoms with Gasteiger partial charge in [-0.2, -0.15) is 13.2 Å². The molecule has 0 aromatic heterocycles. The van der Waals surface area contributed by atoms with Gasteiger partial charge in [0.05, 0.1) is 12.7 Å². The van der Waals surface area contributed by atoms with Gasteiger partial charge in [-0.1, -0.05) is 18.0 Å².